The van der Waals surface area contributed by atoms with Crippen molar-refractivity contribution in [1.29, 1.82) is 0 Å². The van der Waals surface area contributed by atoms with E-state index < -0.39 is 5.82 Å². The number of fused-ring (bicyclic) bond motifs is 1. The SMILES string of the molecule is Nc1cc2c(-c3ccccc3)n[nH]c2cc1F. The number of aromatic nitrogens is 2. The maximum absolute atomic E-state index is 13.3. The Hall–Kier alpha value is -2.36. The van der Waals surface area contributed by atoms with Crippen molar-refractivity contribution < 1.29 is 4.39 Å². The van der Waals surface area contributed by atoms with Gasteiger partial charge in [0.05, 0.1) is 16.9 Å². The molecule has 3 nitrogen and oxygen atoms in total. The Labute approximate surface area is 97.1 Å². The lowest BCUT2D eigenvalue weighted by Crippen LogP contribution is -1.89. The number of aromatic amines is 1. The van der Waals surface area contributed by atoms with Crippen molar-refractivity contribution in [3.63, 3.8) is 0 Å². The number of halogens is 1. The third-order valence-corrected chi connectivity index (χ3v) is 2.73. The van der Waals surface area contributed by atoms with Crippen LogP contribution in [0, 0.1) is 5.82 Å². The van der Waals surface area contributed by atoms with E-state index in [2.05, 4.69) is 10.2 Å². The number of hydrogen-bond acceptors (Lipinski definition) is 2. The van der Waals surface area contributed by atoms with Crippen LogP contribution in [0.2, 0.25) is 0 Å². The number of nitrogens with zero attached hydrogens (tertiary/aromatic N) is 1. The third kappa shape index (κ3) is 1.54. The number of nitrogen functional groups attached to an aromatic ring is 1. The lowest BCUT2D eigenvalue weighted by atomic mass is 10.1. The summed E-state index contributed by atoms with van der Waals surface area (Å²) in [6, 6.07) is 12.7. The van der Waals surface area contributed by atoms with E-state index >= 15 is 0 Å². The van der Waals surface area contributed by atoms with Gasteiger partial charge in [0.2, 0.25) is 0 Å². The quantitative estimate of drug-likeness (QED) is 0.628. The minimum Gasteiger partial charge on any atom is -0.396 e. The summed E-state index contributed by atoms with van der Waals surface area (Å²) >= 11 is 0. The van der Waals surface area contributed by atoms with Crippen LogP contribution in [0.1, 0.15) is 0 Å². The van der Waals surface area contributed by atoms with Gasteiger partial charge in [0.15, 0.2) is 0 Å². The molecule has 0 aliphatic rings. The minimum absolute atomic E-state index is 0.135. The monoisotopic (exact) mass is 227 g/mol. The first-order valence-corrected chi connectivity index (χ1v) is 5.24. The summed E-state index contributed by atoms with van der Waals surface area (Å²) in [6.45, 7) is 0. The third-order valence-electron chi connectivity index (χ3n) is 2.73. The minimum atomic E-state index is -0.430. The zero-order valence-corrected chi connectivity index (χ0v) is 8.94. The molecule has 4 heteroatoms. The fraction of sp³-hybridized carbons (Fsp3) is 0. The summed E-state index contributed by atoms with van der Waals surface area (Å²) in [6.07, 6.45) is 0. The van der Waals surface area contributed by atoms with Crippen molar-refractivity contribution in [2.45, 2.75) is 0 Å². The molecule has 17 heavy (non-hydrogen) atoms. The van der Waals surface area contributed by atoms with Gasteiger partial charge in [-0.05, 0) is 6.07 Å². The zero-order chi connectivity index (χ0) is 11.8. The molecular formula is C13H10FN3. The highest BCUT2D eigenvalue weighted by Gasteiger charge is 2.10. The van der Waals surface area contributed by atoms with Crippen LogP contribution in [0.4, 0.5) is 10.1 Å². The van der Waals surface area contributed by atoms with Crippen LogP contribution in [0.5, 0.6) is 0 Å². The molecule has 3 rings (SSSR count). The van der Waals surface area contributed by atoms with Gasteiger partial charge in [-0.15, -0.1) is 0 Å². The number of rotatable bonds is 1. The maximum Gasteiger partial charge on any atom is 0.148 e. The molecule has 0 fully saturated rings. The molecule has 3 aromatic rings. The van der Waals surface area contributed by atoms with Gasteiger partial charge < -0.3 is 5.73 Å². The summed E-state index contributed by atoms with van der Waals surface area (Å²) in [4.78, 5) is 0. The average molecular weight is 227 g/mol. The maximum atomic E-state index is 13.3. The number of nitrogens with two attached hydrogens (primary N) is 1. The first kappa shape index (κ1) is 9.84. The molecule has 0 aliphatic carbocycles. The Kier molecular flexibility index (Phi) is 2.08. The van der Waals surface area contributed by atoms with E-state index in [-0.39, 0.29) is 5.69 Å². The molecule has 0 saturated carbocycles. The molecule has 0 spiro atoms. The molecule has 0 atom stereocenters. The summed E-state index contributed by atoms with van der Waals surface area (Å²) in [5.74, 6) is -0.430. The van der Waals surface area contributed by atoms with Crippen molar-refractivity contribution >= 4 is 16.6 Å². The van der Waals surface area contributed by atoms with E-state index in [9.17, 15) is 4.39 Å². The molecule has 0 aliphatic heterocycles. The van der Waals surface area contributed by atoms with Crippen LogP contribution < -0.4 is 5.73 Å². The molecule has 1 heterocycles. The highest BCUT2D eigenvalue weighted by molar-refractivity contribution is 5.94. The zero-order valence-electron chi connectivity index (χ0n) is 8.94. The van der Waals surface area contributed by atoms with Crippen LogP contribution in [0.3, 0.4) is 0 Å². The average Bonchev–Trinajstić information content (AvgIpc) is 2.74. The Morgan fingerprint density at radius 1 is 1.12 bits per heavy atom. The standard InChI is InChI=1S/C13H10FN3/c14-10-7-12-9(6-11(10)15)13(17-16-12)8-4-2-1-3-5-8/h1-7H,15H2,(H,16,17). The van der Waals surface area contributed by atoms with Crippen LogP contribution in [0.25, 0.3) is 22.2 Å². The fourth-order valence-corrected chi connectivity index (χ4v) is 1.87. The Balaban J connectivity index is 2.29. The number of nitrogens with one attached hydrogen (secondary N) is 1. The van der Waals surface area contributed by atoms with Crippen molar-refractivity contribution in [1.82, 2.24) is 10.2 Å². The van der Waals surface area contributed by atoms with E-state index in [1.54, 1.807) is 6.07 Å². The first-order valence-electron chi connectivity index (χ1n) is 5.24. The molecule has 0 amide bonds. The summed E-state index contributed by atoms with van der Waals surface area (Å²) in [5.41, 5.74) is 8.12. The molecule has 0 unspecified atom stereocenters. The number of anilines is 1. The van der Waals surface area contributed by atoms with Gasteiger partial charge in [-0.3, -0.25) is 5.10 Å². The molecule has 0 radical (unpaired) electrons. The van der Waals surface area contributed by atoms with Crippen molar-refractivity contribution in [2.75, 3.05) is 5.73 Å². The topological polar surface area (TPSA) is 54.7 Å². The van der Waals surface area contributed by atoms with E-state index in [4.69, 9.17) is 5.73 Å². The summed E-state index contributed by atoms with van der Waals surface area (Å²) in [7, 11) is 0. The highest BCUT2D eigenvalue weighted by Crippen LogP contribution is 2.28. The smallest absolute Gasteiger partial charge is 0.148 e. The van der Waals surface area contributed by atoms with E-state index in [1.807, 2.05) is 30.3 Å². The summed E-state index contributed by atoms with van der Waals surface area (Å²) in [5, 5.41) is 7.84. The predicted octanol–water partition coefficient (Wildman–Crippen LogP) is 2.95. The number of hydrogen-bond donors (Lipinski definition) is 2. The Bertz CT molecular complexity index is 674. The van der Waals surface area contributed by atoms with Gasteiger partial charge >= 0.3 is 0 Å². The first-order chi connectivity index (χ1) is 8.25. The van der Waals surface area contributed by atoms with Crippen LogP contribution in [0.15, 0.2) is 42.5 Å². The molecule has 2 aromatic carbocycles. The van der Waals surface area contributed by atoms with Crippen molar-refractivity contribution in [3.05, 3.63) is 48.3 Å². The molecule has 0 saturated heterocycles. The molecular weight excluding hydrogens is 217 g/mol. The fourth-order valence-electron chi connectivity index (χ4n) is 1.87. The van der Waals surface area contributed by atoms with Gasteiger partial charge in [-0.25, -0.2) is 4.39 Å². The van der Waals surface area contributed by atoms with Crippen LogP contribution >= 0.6 is 0 Å². The second kappa shape index (κ2) is 3.59. The van der Waals surface area contributed by atoms with Gasteiger partial charge in [-0.2, -0.15) is 5.10 Å². The number of H-pyrrole nitrogens is 1. The highest BCUT2D eigenvalue weighted by atomic mass is 19.1. The lowest BCUT2D eigenvalue weighted by molar-refractivity contribution is 0.634. The second-order valence-electron chi connectivity index (χ2n) is 3.86. The van der Waals surface area contributed by atoms with Gasteiger partial charge in [0.25, 0.3) is 0 Å². The van der Waals surface area contributed by atoms with Gasteiger partial charge in [-0.1, -0.05) is 30.3 Å². The Morgan fingerprint density at radius 2 is 1.88 bits per heavy atom. The van der Waals surface area contributed by atoms with E-state index in [0.29, 0.717) is 5.52 Å². The van der Waals surface area contributed by atoms with E-state index in [1.165, 1.54) is 6.07 Å². The predicted molar refractivity (Wildman–Crippen MR) is 65.9 cm³/mol. The van der Waals surface area contributed by atoms with Gasteiger partial charge in [0.1, 0.15) is 5.82 Å². The Morgan fingerprint density at radius 3 is 2.65 bits per heavy atom. The van der Waals surface area contributed by atoms with Gasteiger partial charge in [0, 0.05) is 17.0 Å². The van der Waals surface area contributed by atoms with Crippen LogP contribution in [-0.2, 0) is 0 Å². The van der Waals surface area contributed by atoms with Crippen molar-refractivity contribution in [2.24, 2.45) is 0 Å². The molecule has 0 bridgehead atoms. The molecule has 1 aromatic heterocycles. The normalized spacial score (nSPS) is 10.9. The van der Waals surface area contributed by atoms with Crippen molar-refractivity contribution in [3.8, 4) is 11.3 Å². The molecule has 84 valence electrons. The molecule has 3 N–H and O–H groups in total. The number of benzene rings is 2. The van der Waals surface area contributed by atoms with Crippen LogP contribution in [-0.4, -0.2) is 10.2 Å². The second-order valence-corrected chi connectivity index (χ2v) is 3.86. The summed E-state index contributed by atoms with van der Waals surface area (Å²) < 4.78 is 13.3. The largest absolute Gasteiger partial charge is 0.396 e. The lowest BCUT2D eigenvalue weighted by Gasteiger charge is -1.99. The van der Waals surface area contributed by atoms with E-state index in [0.717, 1.165) is 16.6 Å².